The third kappa shape index (κ3) is 22.4. The van der Waals surface area contributed by atoms with Crippen LogP contribution in [0.1, 0.15) is 76.1 Å². The first-order chi connectivity index (χ1) is 16.0. The molecule has 0 fully saturated rings. The number of halogens is 8. The van der Waals surface area contributed by atoms with E-state index >= 15 is 0 Å². The van der Waals surface area contributed by atoms with Crippen LogP contribution in [0, 0.1) is 0 Å². The Hall–Kier alpha value is 1.78. The summed E-state index contributed by atoms with van der Waals surface area (Å²) in [4.78, 5) is 24.1. The summed E-state index contributed by atoms with van der Waals surface area (Å²) in [5.41, 5.74) is 1.15. The predicted molar refractivity (Wildman–Crippen MR) is 194 cm³/mol. The summed E-state index contributed by atoms with van der Waals surface area (Å²) in [7, 11) is 0. The van der Waals surface area contributed by atoms with E-state index in [4.69, 9.17) is 23.2 Å². The second-order valence-corrected chi connectivity index (χ2v) is 27.2. The molecular formula is C26H39Cl4I4N2O2-. The minimum absolute atomic E-state index is 0. The van der Waals surface area contributed by atoms with Crippen molar-refractivity contribution in [2.75, 3.05) is 0 Å². The van der Waals surface area contributed by atoms with Crippen LogP contribution in [-0.4, -0.2) is 34.7 Å². The molecule has 0 aromatic heterocycles. The number of carbonyl (C=O) groups excluding carboxylic acids is 2. The maximum absolute atomic E-state index is 12.1. The normalized spacial score (nSPS) is 12.0. The van der Waals surface area contributed by atoms with Gasteiger partial charge in [0.1, 0.15) is 0 Å². The van der Waals surface area contributed by atoms with Gasteiger partial charge in [-0.1, -0.05) is 47.5 Å². The van der Waals surface area contributed by atoms with Gasteiger partial charge in [0.25, 0.3) is 0 Å². The monoisotopic (exact) mass is 1060 g/mol. The van der Waals surface area contributed by atoms with Crippen LogP contribution in [0.4, 0.5) is 0 Å². The molecule has 12 heteroatoms. The van der Waals surface area contributed by atoms with Crippen LogP contribution in [-0.2, 0) is 0 Å². The Kier molecular flexibility index (Phi) is 28.6. The Balaban J connectivity index is -0.000000257. The van der Waals surface area contributed by atoms with E-state index in [9.17, 15) is 9.59 Å². The minimum atomic E-state index is -0.210. The van der Waals surface area contributed by atoms with Crippen molar-refractivity contribution in [2.24, 2.45) is 0 Å². The van der Waals surface area contributed by atoms with Crippen molar-refractivity contribution in [3.63, 3.8) is 0 Å². The molecule has 0 aliphatic rings. The molecule has 2 rings (SSSR count). The molecule has 0 saturated carbocycles. The third-order valence-corrected chi connectivity index (χ3v) is 4.77. The van der Waals surface area contributed by atoms with E-state index in [0.717, 1.165) is 0 Å². The molecule has 222 valence electrons. The molecule has 0 bridgehead atoms. The topological polar surface area (TPSA) is 58.2 Å². The Morgan fingerprint density at radius 2 is 1.00 bits per heavy atom. The Morgan fingerprint density at radius 1 is 0.737 bits per heavy atom. The van der Waals surface area contributed by atoms with Crippen LogP contribution in [0.2, 0.25) is 10.0 Å². The molecule has 2 aromatic carbocycles. The van der Waals surface area contributed by atoms with Crippen molar-refractivity contribution in [2.45, 2.75) is 78.6 Å². The van der Waals surface area contributed by atoms with Gasteiger partial charge >= 0.3 is 50.5 Å². The predicted octanol–water partition coefficient (Wildman–Crippen LogP) is 6.84. The summed E-state index contributed by atoms with van der Waals surface area (Å²) in [6, 6.07) is 13.7. The SMILES string of the molecule is CC(NC(C)(C)C)C(=O)c1cccc(Cl)c1.CC(NC(C)(C)C)C(=O)c1cccc(Cl)c1.Cl.Cl.I.I[I-]I. The fourth-order valence-electron chi connectivity index (χ4n) is 3.21. The summed E-state index contributed by atoms with van der Waals surface area (Å²) >= 11 is 17.0. The molecule has 0 aliphatic carbocycles. The number of hydrogen-bond acceptors (Lipinski definition) is 4. The van der Waals surface area contributed by atoms with Crippen molar-refractivity contribution >= 4 is 121 Å². The van der Waals surface area contributed by atoms with Gasteiger partial charge in [0, 0.05) is 32.3 Å². The van der Waals surface area contributed by atoms with E-state index in [1.807, 2.05) is 55.4 Å². The van der Waals surface area contributed by atoms with Gasteiger partial charge in [-0.25, -0.2) is 0 Å². The molecule has 0 saturated heterocycles. The summed E-state index contributed by atoms with van der Waals surface area (Å²) in [5, 5.41) is 7.67. The van der Waals surface area contributed by atoms with Crippen molar-refractivity contribution in [3.05, 3.63) is 69.7 Å². The van der Waals surface area contributed by atoms with Crippen LogP contribution >= 0.6 is 109 Å². The number of carbonyl (C=O) groups is 2. The van der Waals surface area contributed by atoms with Gasteiger partial charge in [0.05, 0.1) is 12.1 Å². The van der Waals surface area contributed by atoms with Gasteiger partial charge in [0.2, 0.25) is 0 Å². The van der Waals surface area contributed by atoms with E-state index in [1.165, 1.54) is 0 Å². The van der Waals surface area contributed by atoms with Crippen LogP contribution in [0.15, 0.2) is 48.5 Å². The molecule has 0 heterocycles. The summed E-state index contributed by atoms with van der Waals surface area (Å²) in [6.07, 6.45) is 0. The second kappa shape index (κ2) is 23.3. The number of benzene rings is 2. The van der Waals surface area contributed by atoms with Gasteiger partial charge in [0.15, 0.2) is 11.6 Å². The molecule has 2 unspecified atom stereocenters. The molecule has 2 atom stereocenters. The number of hydrogen-bond donors (Lipinski definition) is 2. The molecule has 2 aromatic rings. The number of ketones is 2. The molecular weight excluding hydrogens is 1020 g/mol. The Bertz CT molecular complexity index is 880. The van der Waals surface area contributed by atoms with Crippen molar-refractivity contribution < 1.29 is 22.8 Å². The summed E-state index contributed by atoms with van der Waals surface area (Å²) < 4.78 is 0. The standard InChI is InChI=1S/2C13H18ClNO.2ClH.I3.HI/c2*1-9(15-13(2,3)4)12(16)10-6-5-7-11(14)8-10;;;1-3-2;/h2*5-9,15H,1-4H3;2*1H;;1H/q;;;;-1;. The molecule has 0 radical (unpaired) electrons. The first kappa shape index (κ1) is 46.7. The van der Waals surface area contributed by atoms with Gasteiger partial charge < -0.3 is 10.6 Å². The van der Waals surface area contributed by atoms with E-state index in [-0.39, 0.29) is 83.5 Å². The first-order valence-electron chi connectivity index (χ1n) is 11.0. The molecule has 2 N–H and O–H groups in total. The van der Waals surface area contributed by atoms with E-state index in [2.05, 4.69) is 47.9 Å². The fourth-order valence-corrected chi connectivity index (χ4v) is 3.59. The second-order valence-electron chi connectivity index (χ2n) is 10.0. The molecule has 0 aliphatic heterocycles. The molecule has 0 amide bonds. The van der Waals surface area contributed by atoms with Gasteiger partial charge in [-0.2, -0.15) is 0 Å². The molecule has 0 spiro atoms. The maximum atomic E-state index is 12.1. The molecule has 38 heavy (non-hydrogen) atoms. The van der Waals surface area contributed by atoms with Crippen LogP contribution in [0.3, 0.4) is 0 Å². The number of Topliss-reactive ketones (excluding diaryl/α,β-unsaturated/α-hetero) is 2. The third-order valence-electron chi connectivity index (χ3n) is 4.30. The number of rotatable bonds is 6. The zero-order chi connectivity index (χ0) is 27.4. The van der Waals surface area contributed by atoms with Gasteiger partial charge in [-0.15, -0.1) is 48.8 Å². The first-order valence-corrected chi connectivity index (χ1v) is 24.4. The Morgan fingerprint density at radius 3 is 1.21 bits per heavy atom. The summed E-state index contributed by atoms with van der Waals surface area (Å²) in [5.74, 6) is 0.134. The summed E-state index contributed by atoms with van der Waals surface area (Å²) in [6.45, 7) is 16.0. The van der Waals surface area contributed by atoms with Gasteiger partial charge in [-0.3, -0.25) is 9.59 Å². The van der Waals surface area contributed by atoms with Gasteiger partial charge in [-0.05, 0) is 79.7 Å². The van der Waals surface area contributed by atoms with E-state index < -0.39 is 0 Å². The van der Waals surface area contributed by atoms with E-state index in [0.29, 0.717) is 34.4 Å². The quantitative estimate of drug-likeness (QED) is 0.246. The van der Waals surface area contributed by atoms with Crippen molar-refractivity contribution in [1.82, 2.24) is 10.6 Å². The fraction of sp³-hybridized carbons (Fsp3) is 0.462. The van der Waals surface area contributed by atoms with E-state index in [1.54, 1.807) is 48.5 Å². The van der Waals surface area contributed by atoms with Crippen LogP contribution in [0.25, 0.3) is 0 Å². The molecule has 4 nitrogen and oxygen atoms in total. The zero-order valence-corrected chi connectivity index (χ0v) is 34.7. The Labute approximate surface area is 298 Å². The zero-order valence-electron chi connectivity index (χ0n) is 22.7. The van der Waals surface area contributed by atoms with Crippen molar-refractivity contribution in [3.8, 4) is 0 Å². The van der Waals surface area contributed by atoms with Crippen LogP contribution < -0.4 is 23.9 Å². The number of nitrogens with one attached hydrogen (secondary N) is 2. The van der Waals surface area contributed by atoms with Crippen LogP contribution in [0.5, 0.6) is 0 Å². The van der Waals surface area contributed by atoms with Crippen molar-refractivity contribution in [1.29, 1.82) is 0 Å². The average molecular weight is 1060 g/mol. The average Bonchev–Trinajstić information content (AvgIpc) is 2.71.